The lowest BCUT2D eigenvalue weighted by Crippen LogP contribution is -2.50. The first-order valence-corrected chi connectivity index (χ1v) is 11.9. The number of ether oxygens (including phenoxy) is 4. The van der Waals surface area contributed by atoms with Crippen molar-refractivity contribution in [2.75, 3.05) is 19.8 Å². The molecule has 0 amide bonds. The van der Waals surface area contributed by atoms with E-state index >= 15 is 0 Å². The van der Waals surface area contributed by atoms with Crippen LogP contribution in [0, 0.1) is 0 Å². The minimum absolute atomic E-state index is 0.168. The van der Waals surface area contributed by atoms with Gasteiger partial charge >= 0.3 is 0 Å². The molecule has 4 atom stereocenters. The van der Waals surface area contributed by atoms with Gasteiger partial charge in [-0.05, 0) is 46.9 Å². The smallest absolute Gasteiger partial charge is 0.116 e. The van der Waals surface area contributed by atoms with Gasteiger partial charge in [0.25, 0.3) is 0 Å². The number of rotatable bonds is 10. The van der Waals surface area contributed by atoms with Crippen LogP contribution in [0.3, 0.4) is 0 Å². The Morgan fingerprint density at radius 3 is 2.38 bits per heavy atom. The minimum atomic E-state index is -0.823. The number of benzene rings is 2. The largest absolute Gasteiger partial charge is 0.388 e. The molecule has 176 valence electrons. The molecule has 1 aliphatic rings. The third-order valence-corrected chi connectivity index (χ3v) is 5.92. The lowest BCUT2D eigenvalue weighted by molar-refractivity contribution is -0.175. The van der Waals surface area contributed by atoms with Gasteiger partial charge in [0.1, 0.15) is 24.4 Å². The Balaban J connectivity index is 1.89. The van der Waals surface area contributed by atoms with Gasteiger partial charge in [-0.3, -0.25) is 0 Å². The van der Waals surface area contributed by atoms with Crippen molar-refractivity contribution in [1.29, 1.82) is 0 Å². The molecule has 1 heterocycles. The molecule has 2 aromatic rings. The number of hydrogen-bond acceptors (Lipinski definition) is 5. The number of aliphatic hydroxyl groups excluding tert-OH is 1. The highest BCUT2D eigenvalue weighted by atomic mass is 16.6. The van der Waals surface area contributed by atoms with Crippen LogP contribution in [0.1, 0.15) is 50.7 Å². The Hall–Kier alpha value is -1.76. The van der Waals surface area contributed by atoms with E-state index in [1.54, 1.807) is 6.08 Å². The van der Waals surface area contributed by atoms with Gasteiger partial charge in [0.05, 0.1) is 19.8 Å². The van der Waals surface area contributed by atoms with Crippen LogP contribution < -0.4 is 0 Å². The predicted octanol–water partition coefficient (Wildman–Crippen LogP) is 5.17. The summed E-state index contributed by atoms with van der Waals surface area (Å²) in [6.07, 6.45) is 3.44. The van der Waals surface area contributed by atoms with Crippen LogP contribution in [0.4, 0.5) is 0 Å². The average molecular weight is 443 g/mol. The highest BCUT2D eigenvalue weighted by molar-refractivity contribution is 5.84. The van der Waals surface area contributed by atoms with E-state index in [-0.39, 0.29) is 12.7 Å². The molecule has 5 heteroatoms. The van der Waals surface area contributed by atoms with Crippen LogP contribution in [-0.2, 0) is 32.2 Å². The summed E-state index contributed by atoms with van der Waals surface area (Å²) >= 11 is 0. The van der Waals surface area contributed by atoms with Gasteiger partial charge in [-0.25, -0.2) is 0 Å². The molecule has 5 nitrogen and oxygen atoms in total. The van der Waals surface area contributed by atoms with E-state index in [1.807, 2.05) is 12.1 Å². The summed E-state index contributed by atoms with van der Waals surface area (Å²) in [5.74, 6) is 0. The van der Waals surface area contributed by atoms with Crippen LogP contribution in [0.25, 0.3) is 10.8 Å². The lowest BCUT2D eigenvalue weighted by atomic mass is 9.99. The SMILES string of the molecule is C=C[C@@H](OCCCC)C1OCc2cc3ccccc3cc2COCC(O)[C@H]1OCCCC. The van der Waals surface area contributed by atoms with Gasteiger partial charge in [0.15, 0.2) is 0 Å². The van der Waals surface area contributed by atoms with Gasteiger partial charge in [-0.2, -0.15) is 0 Å². The number of aliphatic hydroxyl groups is 1. The fraction of sp³-hybridized carbons (Fsp3) is 0.556. The summed E-state index contributed by atoms with van der Waals surface area (Å²) < 4.78 is 24.6. The highest BCUT2D eigenvalue weighted by Gasteiger charge is 2.36. The van der Waals surface area contributed by atoms with Crippen LogP contribution in [0.2, 0.25) is 0 Å². The molecule has 0 saturated heterocycles. The first-order valence-electron chi connectivity index (χ1n) is 11.9. The molecule has 1 N–H and O–H groups in total. The van der Waals surface area contributed by atoms with E-state index in [2.05, 4.69) is 44.7 Å². The van der Waals surface area contributed by atoms with E-state index in [0.717, 1.165) is 42.2 Å². The van der Waals surface area contributed by atoms with Crippen molar-refractivity contribution in [3.05, 3.63) is 60.2 Å². The zero-order chi connectivity index (χ0) is 22.8. The zero-order valence-electron chi connectivity index (χ0n) is 19.5. The summed E-state index contributed by atoms with van der Waals surface area (Å²) in [7, 11) is 0. The molecule has 2 aromatic carbocycles. The van der Waals surface area contributed by atoms with Gasteiger partial charge in [0.2, 0.25) is 0 Å². The van der Waals surface area contributed by atoms with Gasteiger partial charge in [-0.1, -0.05) is 57.0 Å². The second kappa shape index (κ2) is 13.1. The lowest BCUT2D eigenvalue weighted by Gasteiger charge is -2.35. The number of hydrogen-bond donors (Lipinski definition) is 1. The van der Waals surface area contributed by atoms with Crippen molar-refractivity contribution < 1.29 is 24.1 Å². The van der Waals surface area contributed by atoms with Crippen molar-refractivity contribution >= 4 is 10.8 Å². The summed E-state index contributed by atoms with van der Waals surface area (Å²) in [4.78, 5) is 0. The van der Waals surface area contributed by atoms with Crippen LogP contribution in [0.5, 0.6) is 0 Å². The number of unbranched alkanes of at least 4 members (excludes halogenated alkanes) is 2. The topological polar surface area (TPSA) is 57.2 Å². The summed E-state index contributed by atoms with van der Waals surface area (Å²) in [5, 5.41) is 13.3. The van der Waals surface area contributed by atoms with E-state index in [0.29, 0.717) is 26.4 Å². The van der Waals surface area contributed by atoms with E-state index < -0.39 is 18.3 Å². The Morgan fingerprint density at radius 2 is 1.72 bits per heavy atom. The molecule has 0 bridgehead atoms. The molecular formula is C27H38O5. The van der Waals surface area contributed by atoms with Gasteiger partial charge in [-0.15, -0.1) is 6.58 Å². The van der Waals surface area contributed by atoms with Gasteiger partial charge < -0.3 is 24.1 Å². The first-order chi connectivity index (χ1) is 15.7. The Bertz CT molecular complexity index is 836. The monoisotopic (exact) mass is 442 g/mol. The fourth-order valence-corrected chi connectivity index (χ4v) is 4.00. The van der Waals surface area contributed by atoms with Crippen LogP contribution in [-0.4, -0.2) is 49.3 Å². The Kier molecular flexibility index (Phi) is 10.2. The minimum Gasteiger partial charge on any atom is -0.388 e. The fourth-order valence-electron chi connectivity index (χ4n) is 4.00. The third-order valence-electron chi connectivity index (χ3n) is 5.92. The van der Waals surface area contributed by atoms with Crippen molar-refractivity contribution in [2.24, 2.45) is 0 Å². The zero-order valence-corrected chi connectivity index (χ0v) is 19.5. The molecule has 0 spiro atoms. The molecule has 1 aliphatic heterocycles. The molecule has 0 aliphatic carbocycles. The molecule has 0 radical (unpaired) electrons. The summed E-state index contributed by atoms with van der Waals surface area (Å²) in [6.45, 7) is 10.4. The first kappa shape index (κ1) is 24.9. The quantitative estimate of drug-likeness (QED) is 0.406. The van der Waals surface area contributed by atoms with Gasteiger partial charge in [0, 0.05) is 13.2 Å². The second-order valence-corrected chi connectivity index (χ2v) is 8.44. The molecule has 0 fully saturated rings. The van der Waals surface area contributed by atoms with E-state index in [9.17, 15) is 5.11 Å². The standard InChI is InChI=1S/C27H38O5/c1-4-7-13-30-25(6-3)27-26(31-14-8-5-2)24(28)19-29-17-22-15-20-11-9-10-12-21(20)16-23(22)18-32-27/h6,9-12,15-16,24-28H,3-5,7-8,13-14,17-19H2,1-2H3/t24?,25-,26-,27?/m1/s1. The van der Waals surface area contributed by atoms with Crippen LogP contribution >= 0.6 is 0 Å². The molecule has 0 saturated carbocycles. The highest BCUT2D eigenvalue weighted by Crippen LogP contribution is 2.26. The number of fused-ring (bicyclic) bond motifs is 2. The van der Waals surface area contributed by atoms with E-state index in [4.69, 9.17) is 18.9 Å². The second-order valence-electron chi connectivity index (χ2n) is 8.44. The maximum Gasteiger partial charge on any atom is 0.116 e. The van der Waals surface area contributed by atoms with E-state index in [1.165, 1.54) is 5.39 Å². The molecular weight excluding hydrogens is 404 g/mol. The van der Waals surface area contributed by atoms with Crippen molar-refractivity contribution in [3.63, 3.8) is 0 Å². The van der Waals surface area contributed by atoms with Crippen molar-refractivity contribution in [1.82, 2.24) is 0 Å². The molecule has 2 unspecified atom stereocenters. The van der Waals surface area contributed by atoms with Crippen LogP contribution in [0.15, 0.2) is 49.1 Å². The molecule has 32 heavy (non-hydrogen) atoms. The summed E-state index contributed by atoms with van der Waals surface area (Å²) in [6, 6.07) is 12.6. The molecule has 3 rings (SSSR count). The maximum absolute atomic E-state index is 11.0. The third kappa shape index (κ3) is 6.63. The average Bonchev–Trinajstić information content (AvgIpc) is 2.81. The summed E-state index contributed by atoms with van der Waals surface area (Å²) in [5.41, 5.74) is 2.15. The normalized spacial score (nSPS) is 22.9. The molecule has 0 aromatic heterocycles. The predicted molar refractivity (Wildman–Crippen MR) is 128 cm³/mol. The maximum atomic E-state index is 11.0. The Labute approximate surface area is 192 Å². The Morgan fingerprint density at radius 1 is 1.06 bits per heavy atom. The van der Waals surface area contributed by atoms with Crippen molar-refractivity contribution in [2.45, 2.75) is 77.2 Å². The van der Waals surface area contributed by atoms with Crippen molar-refractivity contribution in [3.8, 4) is 0 Å².